The molecular formula is C24H52N+. The van der Waals surface area contributed by atoms with Crippen LogP contribution in [-0.2, 0) is 0 Å². The Kier molecular flexibility index (Phi) is 23.9. The molecule has 0 spiro atoms. The van der Waals surface area contributed by atoms with Gasteiger partial charge in [0, 0.05) is 0 Å². The van der Waals surface area contributed by atoms with Crippen LogP contribution >= 0.6 is 0 Å². The minimum atomic E-state index is 1.37. The zero-order valence-electron chi connectivity index (χ0n) is 18.1. The highest BCUT2D eigenvalue weighted by atomic mass is 14.8. The predicted octanol–water partition coefficient (Wildman–Crippen LogP) is 7.39. The van der Waals surface area contributed by atoms with Gasteiger partial charge >= 0.3 is 0 Å². The van der Waals surface area contributed by atoms with Gasteiger partial charge in [-0.05, 0) is 25.7 Å². The topological polar surface area (TPSA) is 16.6 Å². The van der Waals surface area contributed by atoms with E-state index in [9.17, 15) is 0 Å². The highest BCUT2D eigenvalue weighted by Crippen LogP contribution is 2.11. The Labute approximate surface area is 161 Å². The van der Waals surface area contributed by atoms with Gasteiger partial charge in [0.2, 0.25) is 0 Å². The smallest absolute Gasteiger partial charge is 0.0755 e. The Bertz CT molecular complexity index is 192. The fourth-order valence-corrected chi connectivity index (χ4v) is 3.70. The monoisotopic (exact) mass is 354 g/mol. The van der Waals surface area contributed by atoms with Gasteiger partial charge in [-0.15, -0.1) is 0 Å². The normalized spacial score (nSPS) is 11.3. The summed E-state index contributed by atoms with van der Waals surface area (Å²) < 4.78 is 0. The molecule has 0 amide bonds. The number of hydrogen-bond acceptors (Lipinski definition) is 0. The molecule has 25 heavy (non-hydrogen) atoms. The summed E-state index contributed by atoms with van der Waals surface area (Å²) in [5, 5.41) is 2.56. The second-order valence-corrected chi connectivity index (χ2v) is 8.23. The van der Waals surface area contributed by atoms with Crippen molar-refractivity contribution in [3.8, 4) is 0 Å². The van der Waals surface area contributed by atoms with Gasteiger partial charge in [0.05, 0.1) is 13.1 Å². The van der Waals surface area contributed by atoms with E-state index in [0.717, 1.165) is 0 Å². The van der Waals surface area contributed by atoms with E-state index >= 15 is 0 Å². The van der Waals surface area contributed by atoms with Gasteiger partial charge in [-0.2, -0.15) is 0 Å². The minimum absolute atomic E-state index is 1.37. The Morgan fingerprint density at radius 3 is 0.840 bits per heavy atom. The summed E-state index contributed by atoms with van der Waals surface area (Å²) in [5.74, 6) is 0. The quantitative estimate of drug-likeness (QED) is 0.195. The molecule has 0 atom stereocenters. The van der Waals surface area contributed by atoms with Gasteiger partial charge in [-0.3, -0.25) is 0 Å². The van der Waals surface area contributed by atoms with Gasteiger partial charge in [-0.25, -0.2) is 0 Å². The van der Waals surface area contributed by atoms with Crippen molar-refractivity contribution in [1.82, 2.24) is 0 Å². The first-order chi connectivity index (χ1) is 12.4. The van der Waals surface area contributed by atoms with E-state index in [1.54, 1.807) is 0 Å². The van der Waals surface area contributed by atoms with Crippen molar-refractivity contribution < 1.29 is 5.32 Å². The number of quaternary nitrogens is 1. The summed E-state index contributed by atoms with van der Waals surface area (Å²) in [6.07, 6.45) is 29.1. The lowest BCUT2D eigenvalue weighted by atomic mass is 10.1. The van der Waals surface area contributed by atoms with E-state index in [1.807, 2.05) is 0 Å². The molecule has 0 saturated carbocycles. The molecule has 0 heterocycles. The van der Waals surface area contributed by atoms with Crippen LogP contribution < -0.4 is 5.32 Å². The van der Waals surface area contributed by atoms with Crippen molar-refractivity contribution >= 4 is 0 Å². The maximum absolute atomic E-state index is 2.56. The van der Waals surface area contributed by atoms with E-state index in [4.69, 9.17) is 0 Å². The van der Waals surface area contributed by atoms with Crippen LogP contribution in [0.15, 0.2) is 0 Å². The zero-order chi connectivity index (χ0) is 18.3. The van der Waals surface area contributed by atoms with Crippen LogP contribution in [0.1, 0.15) is 142 Å². The molecule has 0 aliphatic rings. The SMILES string of the molecule is CCCCCCCCCCCC[NH2+]CCCCCCCCCCCC. The zero-order valence-corrected chi connectivity index (χ0v) is 18.1. The molecule has 0 fully saturated rings. The molecule has 0 bridgehead atoms. The van der Waals surface area contributed by atoms with Gasteiger partial charge in [0.1, 0.15) is 0 Å². The van der Waals surface area contributed by atoms with Crippen LogP contribution in [-0.4, -0.2) is 13.1 Å². The van der Waals surface area contributed by atoms with Crippen LogP contribution in [0, 0.1) is 0 Å². The van der Waals surface area contributed by atoms with E-state index in [1.165, 1.54) is 142 Å². The summed E-state index contributed by atoms with van der Waals surface area (Å²) in [7, 11) is 0. The van der Waals surface area contributed by atoms with Gasteiger partial charge in [0.15, 0.2) is 0 Å². The highest BCUT2D eigenvalue weighted by molar-refractivity contribution is 4.48. The largest absolute Gasteiger partial charge is 0.346 e. The van der Waals surface area contributed by atoms with E-state index in [2.05, 4.69) is 19.2 Å². The number of rotatable bonds is 22. The average molecular weight is 355 g/mol. The molecule has 2 N–H and O–H groups in total. The molecule has 0 aliphatic heterocycles. The number of unbranched alkanes of at least 4 members (excludes halogenated alkanes) is 18. The summed E-state index contributed by atoms with van der Waals surface area (Å²) in [4.78, 5) is 0. The maximum Gasteiger partial charge on any atom is 0.0755 e. The van der Waals surface area contributed by atoms with Gasteiger partial charge in [0.25, 0.3) is 0 Å². The Hall–Kier alpha value is -0.0400. The third-order valence-electron chi connectivity index (χ3n) is 5.52. The van der Waals surface area contributed by atoms with E-state index in [0.29, 0.717) is 0 Å². The lowest BCUT2D eigenvalue weighted by Gasteiger charge is -2.04. The Morgan fingerprint density at radius 2 is 0.560 bits per heavy atom. The standard InChI is InChI=1S/C24H51N/c1-3-5-7-9-11-13-15-17-19-21-23-25-24-22-20-18-16-14-12-10-8-6-4-2/h25H,3-24H2,1-2H3/p+1. The van der Waals surface area contributed by atoms with E-state index < -0.39 is 0 Å². The summed E-state index contributed by atoms with van der Waals surface area (Å²) in [6.45, 7) is 7.34. The van der Waals surface area contributed by atoms with Gasteiger partial charge < -0.3 is 5.32 Å². The van der Waals surface area contributed by atoms with Crippen molar-refractivity contribution in [2.24, 2.45) is 0 Å². The molecule has 0 rings (SSSR count). The Balaban J connectivity index is 2.94. The van der Waals surface area contributed by atoms with E-state index in [-0.39, 0.29) is 0 Å². The molecular weight excluding hydrogens is 302 g/mol. The lowest BCUT2D eigenvalue weighted by molar-refractivity contribution is -0.655. The third-order valence-corrected chi connectivity index (χ3v) is 5.52. The fraction of sp³-hybridized carbons (Fsp3) is 1.00. The Morgan fingerprint density at radius 1 is 0.320 bits per heavy atom. The second-order valence-electron chi connectivity index (χ2n) is 8.23. The number of nitrogens with two attached hydrogens (primary N) is 1. The van der Waals surface area contributed by atoms with Crippen molar-refractivity contribution in [2.75, 3.05) is 13.1 Å². The van der Waals surface area contributed by atoms with Crippen LogP contribution in [0.5, 0.6) is 0 Å². The van der Waals surface area contributed by atoms with Crippen LogP contribution in [0.3, 0.4) is 0 Å². The molecule has 0 aliphatic carbocycles. The van der Waals surface area contributed by atoms with Crippen LogP contribution in [0.4, 0.5) is 0 Å². The molecule has 0 aromatic heterocycles. The van der Waals surface area contributed by atoms with Crippen molar-refractivity contribution in [3.05, 3.63) is 0 Å². The molecule has 0 aromatic carbocycles. The first-order valence-electron chi connectivity index (χ1n) is 12.2. The highest BCUT2D eigenvalue weighted by Gasteiger charge is 1.96. The van der Waals surface area contributed by atoms with Crippen molar-refractivity contribution in [3.63, 3.8) is 0 Å². The molecule has 1 heteroatoms. The van der Waals surface area contributed by atoms with Crippen molar-refractivity contribution in [2.45, 2.75) is 142 Å². The molecule has 0 aromatic rings. The van der Waals surface area contributed by atoms with Crippen LogP contribution in [0.25, 0.3) is 0 Å². The lowest BCUT2D eigenvalue weighted by Crippen LogP contribution is -2.84. The fourth-order valence-electron chi connectivity index (χ4n) is 3.70. The minimum Gasteiger partial charge on any atom is -0.346 e. The molecule has 0 radical (unpaired) electrons. The van der Waals surface area contributed by atoms with Gasteiger partial charge in [-0.1, -0.05) is 117 Å². The first kappa shape index (κ1) is 25.0. The summed E-state index contributed by atoms with van der Waals surface area (Å²) in [6, 6.07) is 0. The molecule has 1 nitrogen and oxygen atoms in total. The maximum atomic E-state index is 2.56. The first-order valence-corrected chi connectivity index (χ1v) is 12.2. The summed E-state index contributed by atoms with van der Waals surface area (Å²) >= 11 is 0. The average Bonchev–Trinajstić information content (AvgIpc) is 2.63. The van der Waals surface area contributed by atoms with Crippen molar-refractivity contribution in [1.29, 1.82) is 0 Å². The number of hydrogen-bond donors (Lipinski definition) is 1. The molecule has 0 saturated heterocycles. The summed E-state index contributed by atoms with van der Waals surface area (Å²) in [5.41, 5.74) is 0. The second kappa shape index (κ2) is 24.0. The van der Waals surface area contributed by atoms with Crippen LogP contribution in [0.2, 0.25) is 0 Å². The predicted molar refractivity (Wildman–Crippen MR) is 115 cm³/mol. The molecule has 0 unspecified atom stereocenters. The molecule has 152 valence electrons. The third kappa shape index (κ3) is 24.0.